The van der Waals surface area contributed by atoms with E-state index in [1.54, 1.807) is 6.92 Å². The highest BCUT2D eigenvalue weighted by molar-refractivity contribution is 4.90. The summed E-state index contributed by atoms with van der Waals surface area (Å²) >= 11 is 0. The summed E-state index contributed by atoms with van der Waals surface area (Å²) in [5, 5.41) is 48.0. The third-order valence-corrected chi connectivity index (χ3v) is 3.71. The first kappa shape index (κ1) is 16.1. The highest BCUT2D eigenvalue weighted by Gasteiger charge is 2.51. The Bertz CT molecular complexity index is 327. The summed E-state index contributed by atoms with van der Waals surface area (Å²) in [6.07, 6.45) is -5.37. The van der Waals surface area contributed by atoms with E-state index in [2.05, 4.69) is 0 Å². The quantitative estimate of drug-likeness (QED) is 0.391. The van der Waals surface area contributed by atoms with Gasteiger partial charge in [-0.15, -0.1) is 0 Å². The average Bonchev–Trinajstić information content (AvgIpc) is 2.68. The van der Waals surface area contributed by atoms with Gasteiger partial charge in [0.05, 0.1) is 18.8 Å². The molecule has 0 radical (unpaired) electrons. The summed E-state index contributed by atoms with van der Waals surface area (Å²) < 4.78 is 16.1. The van der Waals surface area contributed by atoms with Crippen LogP contribution in [-0.4, -0.2) is 81.3 Å². The fraction of sp³-hybridized carbons (Fsp3) is 1.00. The topological polar surface area (TPSA) is 129 Å². The lowest BCUT2D eigenvalue weighted by Gasteiger charge is -2.41. The van der Waals surface area contributed by atoms with Gasteiger partial charge in [0.15, 0.2) is 6.29 Å². The van der Waals surface area contributed by atoms with E-state index in [-0.39, 0.29) is 18.9 Å². The number of aliphatic hydroxyl groups excluding tert-OH is 5. The van der Waals surface area contributed by atoms with Crippen LogP contribution in [0.4, 0.5) is 0 Å². The number of aliphatic hydroxyl groups is 5. The van der Waals surface area contributed by atoms with Gasteiger partial charge >= 0.3 is 0 Å². The molecule has 2 heterocycles. The highest BCUT2D eigenvalue weighted by atomic mass is 16.8. The molecule has 2 rings (SSSR count). The number of hydrogen-bond donors (Lipinski definition) is 5. The van der Waals surface area contributed by atoms with Crippen LogP contribution >= 0.6 is 0 Å². The summed E-state index contributed by atoms with van der Waals surface area (Å²) in [6, 6.07) is 0. The number of hydrogen-bond acceptors (Lipinski definition) is 8. The van der Waals surface area contributed by atoms with E-state index >= 15 is 0 Å². The Morgan fingerprint density at radius 3 is 2.35 bits per heavy atom. The molecule has 20 heavy (non-hydrogen) atoms. The fourth-order valence-electron chi connectivity index (χ4n) is 2.58. The molecule has 0 amide bonds. The molecule has 8 nitrogen and oxygen atoms in total. The molecule has 0 aromatic carbocycles. The smallest absolute Gasteiger partial charge is 0.221 e. The summed E-state index contributed by atoms with van der Waals surface area (Å²) in [5.41, 5.74) is 0. The first-order chi connectivity index (χ1) is 9.41. The Balaban J connectivity index is 2.07. The molecule has 0 aromatic rings. The van der Waals surface area contributed by atoms with Crippen LogP contribution in [0.15, 0.2) is 0 Å². The predicted octanol–water partition coefficient (Wildman–Crippen LogP) is -2.31. The minimum atomic E-state index is -1.66. The zero-order valence-corrected chi connectivity index (χ0v) is 11.3. The number of rotatable bonds is 4. The van der Waals surface area contributed by atoms with Crippen molar-refractivity contribution in [2.24, 2.45) is 0 Å². The van der Waals surface area contributed by atoms with Crippen LogP contribution in [0, 0.1) is 0 Å². The van der Waals surface area contributed by atoms with E-state index in [9.17, 15) is 20.4 Å². The van der Waals surface area contributed by atoms with Gasteiger partial charge in [-0.2, -0.15) is 0 Å². The minimum Gasteiger partial charge on any atom is -0.394 e. The molecule has 2 aliphatic rings. The number of ether oxygens (including phenoxy) is 3. The molecule has 5 N–H and O–H groups in total. The van der Waals surface area contributed by atoms with Crippen LogP contribution in [0.25, 0.3) is 0 Å². The van der Waals surface area contributed by atoms with E-state index in [0.717, 1.165) is 0 Å². The maximum absolute atomic E-state index is 9.96. The summed E-state index contributed by atoms with van der Waals surface area (Å²) in [4.78, 5) is 0. The molecule has 1 unspecified atom stereocenters. The van der Waals surface area contributed by atoms with Crippen molar-refractivity contribution < 1.29 is 39.7 Å². The molecule has 118 valence electrons. The van der Waals surface area contributed by atoms with Crippen molar-refractivity contribution in [1.29, 1.82) is 0 Å². The predicted molar refractivity (Wildman–Crippen MR) is 64.5 cm³/mol. The molecular weight excluding hydrogens is 272 g/mol. The van der Waals surface area contributed by atoms with Gasteiger partial charge in [0.2, 0.25) is 5.79 Å². The first-order valence-electron chi connectivity index (χ1n) is 6.69. The second-order valence-electron chi connectivity index (χ2n) is 5.36. The van der Waals surface area contributed by atoms with E-state index in [1.165, 1.54) is 0 Å². The molecule has 0 aromatic heterocycles. The SMILES string of the molecule is C[C@@H]1C[C@H](O)C(CO)(O[C@H]2O[C@H](CO)[C@@H](O)C[C@H]2O)O1. The van der Waals surface area contributed by atoms with E-state index < -0.39 is 49.7 Å². The largest absolute Gasteiger partial charge is 0.394 e. The molecule has 0 spiro atoms. The van der Waals surface area contributed by atoms with Crippen molar-refractivity contribution in [3.05, 3.63) is 0 Å². The van der Waals surface area contributed by atoms with Crippen molar-refractivity contribution in [2.45, 2.75) is 62.4 Å². The van der Waals surface area contributed by atoms with Crippen molar-refractivity contribution >= 4 is 0 Å². The minimum absolute atomic E-state index is 0.0386. The summed E-state index contributed by atoms with van der Waals surface area (Å²) in [7, 11) is 0. The third-order valence-electron chi connectivity index (χ3n) is 3.71. The van der Waals surface area contributed by atoms with Gasteiger partial charge in [-0.05, 0) is 6.92 Å². The Kier molecular flexibility index (Phi) is 4.98. The van der Waals surface area contributed by atoms with Gasteiger partial charge in [0.1, 0.15) is 24.9 Å². The Morgan fingerprint density at radius 1 is 1.15 bits per heavy atom. The van der Waals surface area contributed by atoms with Crippen molar-refractivity contribution in [3.8, 4) is 0 Å². The molecule has 0 saturated carbocycles. The van der Waals surface area contributed by atoms with Crippen molar-refractivity contribution in [1.82, 2.24) is 0 Å². The normalized spacial score (nSPS) is 49.5. The molecule has 2 fully saturated rings. The summed E-state index contributed by atoms with van der Waals surface area (Å²) in [6.45, 7) is 0.694. The second kappa shape index (κ2) is 6.20. The molecule has 0 bridgehead atoms. The van der Waals surface area contributed by atoms with Crippen LogP contribution in [0.1, 0.15) is 19.8 Å². The fourth-order valence-corrected chi connectivity index (χ4v) is 2.58. The van der Waals surface area contributed by atoms with Crippen LogP contribution in [-0.2, 0) is 14.2 Å². The standard InChI is InChI=1S/C12H22O8/c1-6-2-10(17)12(5-14,19-6)20-11-8(16)3-7(15)9(4-13)18-11/h6-11,13-17H,2-5H2,1H3/t6-,7+,8-,9-,10+,11-,12?/m1/s1. The van der Waals surface area contributed by atoms with Gasteiger partial charge in [0, 0.05) is 12.8 Å². The zero-order chi connectivity index (χ0) is 14.9. The van der Waals surface area contributed by atoms with Gasteiger partial charge in [-0.1, -0.05) is 0 Å². The molecular formula is C12H22O8. The Hall–Kier alpha value is -0.320. The Morgan fingerprint density at radius 2 is 1.85 bits per heavy atom. The van der Waals surface area contributed by atoms with E-state index in [0.29, 0.717) is 0 Å². The lowest BCUT2D eigenvalue weighted by molar-refractivity contribution is -0.370. The molecule has 2 aliphatic heterocycles. The van der Waals surface area contributed by atoms with Gasteiger partial charge in [0.25, 0.3) is 0 Å². The van der Waals surface area contributed by atoms with Gasteiger partial charge < -0.3 is 39.7 Å². The molecule has 2 saturated heterocycles. The summed E-state index contributed by atoms with van der Waals surface area (Å²) in [5.74, 6) is -1.66. The Labute approximate surface area is 116 Å². The first-order valence-corrected chi connectivity index (χ1v) is 6.69. The monoisotopic (exact) mass is 294 g/mol. The average molecular weight is 294 g/mol. The van der Waals surface area contributed by atoms with E-state index in [4.69, 9.17) is 19.3 Å². The van der Waals surface area contributed by atoms with Gasteiger partial charge in [-0.25, -0.2) is 0 Å². The van der Waals surface area contributed by atoms with Crippen molar-refractivity contribution in [2.75, 3.05) is 13.2 Å². The van der Waals surface area contributed by atoms with E-state index in [1.807, 2.05) is 0 Å². The van der Waals surface area contributed by atoms with Gasteiger partial charge in [-0.3, -0.25) is 0 Å². The third kappa shape index (κ3) is 2.97. The highest BCUT2D eigenvalue weighted by Crippen LogP contribution is 2.35. The van der Waals surface area contributed by atoms with Crippen LogP contribution in [0.2, 0.25) is 0 Å². The molecule has 7 atom stereocenters. The van der Waals surface area contributed by atoms with Crippen LogP contribution < -0.4 is 0 Å². The second-order valence-corrected chi connectivity index (χ2v) is 5.36. The lowest BCUT2D eigenvalue weighted by Crippen LogP contribution is -2.56. The van der Waals surface area contributed by atoms with Crippen LogP contribution in [0.5, 0.6) is 0 Å². The zero-order valence-electron chi connectivity index (χ0n) is 11.3. The molecule has 8 heteroatoms. The maximum Gasteiger partial charge on any atom is 0.221 e. The van der Waals surface area contributed by atoms with Crippen molar-refractivity contribution in [3.63, 3.8) is 0 Å². The lowest BCUT2D eigenvalue weighted by atomic mass is 10.0. The van der Waals surface area contributed by atoms with Crippen LogP contribution in [0.3, 0.4) is 0 Å². The molecule has 0 aliphatic carbocycles. The maximum atomic E-state index is 9.96.